The Morgan fingerprint density at radius 1 is 1.12 bits per heavy atom. The molecule has 0 atom stereocenters. The molecule has 0 aliphatic heterocycles. The molecule has 1 rings (SSSR count). The number of ketones is 1. The highest BCUT2D eigenvalue weighted by Gasteiger charge is 2.18. The highest BCUT2D eigenvalue weighted by molar-refractivity contribution is 6.02. The smallest absolute Gasteiger partial charge is 0.170 e. The molecule has 0 unspecified atom stereocenters. The van der Waals surface area contributed by atoms with Gasteiger partial charge in [0, 0.05) is 6.42 Å². The second kappa shape index (κ2) is 5.54. The highest BCUT2D eigenvalue weighted by Crippen LogP contribution is 2.30. The number of ether oxygens (including phenoxy) is 2. The molecule has 3 nitrogen and oxygen atoms in total. The molecule has 0 bridgehead atoms. The van der Waals surface area contributed by atoms with Crippen LogP contribution in [-0.2, 0) is 0 Å². The third-order valence-electron chi connectivity index (χ3n) is 2.22. The van der Waals surface area contributed by atoms with Crippen molar-refractivity contribution in [2.75, 3.05) is 14.2 Å². The molecule has 0 aliphatic carbocycles. The van der Waals surface area contributed by atoms with Gasteiger partial charge in [-0.3, -0.25) is 4.79 Å². The van der Waals surface area contributed by atoms with E-state index in [1.165, 1.54) is 0 Å². The average molecular weight is 221 g/mol. The summed E-state index contributed by atoms with van der Waals surface area (Å²) in [4.78, 5) is 12.0. The molecule has 0 heterocycles. The van der Waals surface area contributed by atoms with Gasteiger partial charge in [0.15, 0.2) is 5.78 Å². The predicted molar refractivity (Wildman–Crippen MR) is 63.1 cm³/mol. The van der Waals surface area contributed by atoms with Crippen molar-refractivity contribution >= 4 is 5.78 Å². The molecular weight excluding hydrogens is 204 g/mol. The van der Waals surface area contributed by atoms with Crippen molar-refractivity contribution in [2.24, 2.45) is 0 Å². The van der Waals surface area contributed by atoms with E-state index in [0.717, 1.165) is 5.92 Å². The van der Waals surface area contributed by atoms with Crippen LogP contribution in [0.4, 0.5) is 0 Å². The normalized spacial score (nSPS) is 10.3. The maximum atomic E-state index is 12.0. The Bertz CT molecular complexity index is 347. The van der Waals surface area contributed by atoms with Crippen LogP contribution in [0.25, 0.3) is 0 Å². The first-order valence-electron chi connectivity index (χ1n) is 5.13. The SMILES string of the molecule is COc1cccc(OC)c1C(=O)C[C](C)C. The number of rotatable bonds is 5. The zero-order valence-electron chi connectivity index (χ0n) is 10.2. The molecule has 1 aromatic carbocycles. The van der Waals surface area contributed by atoms with Gasteiger partial charge in [-0.2, -0.15) is 0 Å². The Morgan fingerprint density at radius 3 is 2.00 bits per heavy atom. The van der Waals surface area contributed by atoms with Crippen LogP contribution < -0.4 is 9.47 Å². The summed E-state index contributed by atoms with van der Waals surface area (Å²) in [6.45, 7) is 3.86. The molecule has 0 amide bonds. The molecule has 0 aromatic heterocycles. The first kappa shape index (κ1) is 12.6. The Balaban J connectivity index is 3.12. The Labute approximate surface area is 96.4 Å². The van der Waals surface area contributed by atoms with E-state index < -0.39 is 0 Å². The van der Waals surface area contributed by atoms with Gasteiger partial charge in [-0.15, -0.1) is 0 Å². The van der Waals surface area contributed by atoms with Crippen LogP contribution in [0, 0.1) is 5.92 Å². The van der Waals surface area contributed by atoms with Crippen molar-refractivity contribution in [1.82, 2.24) is 0 Å². The van der Waals surface area contributed by atoms with E-state index in [1.807, 2.05) is 13.8 Å². The minimum absolute atomic E-state index is 0.0225. The van der Waals surface area contributed by atoms with Crippen LogP contribution in [0.5, 0.6) is 11.5 Å². The van der Waals surface area contributed by atoms with Crippen molar-refractivity contribution in [2.45, 2.75) is 20.3 Å². The summed E-state index contributed by atoms with van der Waals surface area (Å²) in [5.74, 6) is 2.21. The van der Waals surface area contributed by atoms with Gasteiger partial charge in [-0.1, -0.05) is 19.9 Å². The maximum Gasteiger partial charge on any atom is 0.170 e. The summed E-state index contributed by atoms with van der Waals surface area (Å²) in [7, 11) is 3.10. The van der Waals surface area contributed by atoms with Gasteiger partial charge in [0.25, 0.3) is 0 Å². The minimum Gasteiger partial charge on any atom is -0.496 e. The van der Waals surface area contributed by atoms with Gasteiger partial charge in [0.05, 0.1) is 14.2 Å². The van der Waals surface area contributed by atoms with Gasteiger partial charge in [-0.05, 0) is 18.1 Å². The predicted octanol–water partition coefficient (Wildman–Crippen LogP) is 2.89. The van der Waals surface area contributed by atoms with Crippen molar-refractivity contribution in [1.29, 1.82) is 0 Å². The van der Waals surface area contributed by atoms with Crippen LogP contribution >= 0.6 is 0 Å². The van der Waals surface area contributed by atoms with Crippen LogP contribution in [0.15, 0.2) is 18.2 Å². The molecule has 0 spiro atoms. The lowest BCUT2D eigenvalue weighted by molar-refractivity contribution is 0.0981. The lowest BCUT2D eigenvalue weighted by Crippen LogP contribution is -2.07. The van der Waals surface area contributed by atoms with Crippen LogP contribution in [0.3, 0.4) is 0 Å². The number of benzene rings is 1. The number of hydrogen-bond acceptors (Lipinski definition) is 3. The van der Waals surface area contributed by atoms with Gasteiger partial charge in [-0.25, -0.2) is 0 Å². The standard InChI is InChI=1S/C13H17O3/c1-9(2)8-10(14)13-11(15-3)6-5-7-12(13)16-4/h5-7H,8H2,1-4H3. The number of hydrogen-bond donors (Lipinski definition) is 0. The molecule has 1 radical (unpaired) electrons. The molecule has 0 saturated carbocycles. The summed E-state index contributed by atoms with van der Waals surface area (Å²) >= 11 is 0. The van der Waals surface area contributed by atoms with Crippen molar-refractivity contribution in [3.63, 3.8) is 0 Å². The van der Waals surface area contributed by atoms with E-state index in [-0.39, 0.29) is 5.78 Å². The van der Waals surface area contributed by atoms with Gasteiger partial charge in [0.1, 0.15) is 17.1 Å². The second-order valence-corrected chi connectivity index (χ2v) is 3.84. The second-order valence-electron chi connectivity index (χ2n) is 3.84. The molecule has 16 heavy (non-hydrogen) atoms. The summed E-state index contributed by atoms with van der Waals surface area (Å²) in [6.07, 6.45) is 0.413. The average Bonchev–Trinajstić information content (AvgIpc) is 2.26. The molecule has 0 saturated heterocycles. The molecule has 3 heteroatoms. The fourth-order valence-electron chi connectivity index (χ4n) is 1.54. The van der Waals surface area contributed by atoms with Crippen LogP contribution in [-0.4, -0.2) is 20.0 Å². The number of Topliss-reactive ketones (excluding diaryl/α,β-unsaturated/α-hetero) is 1. The number of carbonyl (C=O) groups is 1. The third-order valence-corrected chi connectivity index (χ3v) is 2.22. The van der Waals surface area contributed by atoms with Crippen molar-refractivity contribution in [3.8, 4) is 11.5 Å². The van der Waals surface area contributed by atoms with E-state index in [0.29, 0.717) is 23.5 Å². The first-order valence-corrected chi connectivity index (χ1v) is 5.13. The zero-order chi connectivity index (χ0) is 12.1. The van der Waals surface area contributed by atoms with E-state index in [2.05, 4.69) is 0 Å². The Hall–Kier alpha value is -1.51. The largest absolute Gasteiger partial charge is 0.496 e. The Morgan fingerprint density at radius 2 is 1.62 bits per heavy atom. The third kappa shape index (κ3) is 2.75. The van der Waals surface area contributed by atoms with E-state index in [4.69, 9.17) is 9.47 Å². The van der Waals surface area contributed by atoms with E-state index in [1.54, 1.807) is 32.4 Å². The number of carbonyl (C=O) groups excluding carboxylic acids is 1. The molecule has 1 aromatic rings. The summed E-state index contributed by atoms with van der Waals surface area (Å²) in [6, 6.07) is 5.33. The van der Waals surface area contributed by atoms with Gasteiger partial charge in [0.2, 0.25) is 0 Å². The summed E-state index contributed by atoms with van der Waals surface area (Å²) in [5.41, 5.74) is 0.522. The fraction of sp³-hybridized carbons (Fsp3) is 0.385. The van der Waals surface area contributed by atoms with Gasteiger partial charge >= 0.3 is 0 Å². The summed E-state index contributed by atoms with van der Waals surface area (Å²) in [5, 5.41) is 0. The summed E-state index contributed by atoms with van der Waals surface area (Å²) < 4.78 is 10.4. The molecule has 87 valence electrons. The monoisotopic (exact) mass is 221 g/mol. The fourth-order valence-corrected chi connectivity index (χ4v) is 1.54. The lowest BCUT2D eigenvalue weighted by Gasteiger charge is -2.12. The zero-order valence-corrected chi connectivity index (χ0v) is 10.2. The van der Waals surface area contributed by atoms with Gasteiger partial charge < -0.3 is 9.47 Å². The quantitative estimate of drug-likeness (QED) is 0.717. The minimum atomic E-state index is 0.0225. The topological polar surface area (TPSA) is 35.5 Å². The molecular formula is C13H17O3. The van der Waals surface area contributed by atoms with E-state index >= 15 is 0 Å². The highest BCUT2D eigenvalue weighted by atomic mass is 16.5. The first-order chi connectivity index (χ1) is 7.60. The maximum absolute atomic E-state index is 12.0. The van der Waals surface area contributed by atoms with Crippen LogP contribution in [0.1, 0.15) is 30.6 Å². The lowest BCUT2D eigenvalue weighted by atomic mass is 9.99. The molecule has 0 aliphatic rings. The molecule has 0 fully saturated rings. The molecule has 0 N–H and O–H groups in total. The van der Waals surface area contributed by atoms with Crippen LogP contribution in [0.2, 0.25) is 0 Å². The van der Waals surface area contributed by atoms with Crippen molar-refractivity contribution in [3.05, 3.63) is 29.7 Å². The van der Waals surface area contributed by atoms with Crippen molar-refractivity contribution < 1.29 is 14.3 Å². The number of methoxy groups -OCH3 is 2. The van der Waals surface area contributed by atoms with E-state index in [9.17, 15) is 4.79 Å². The Kier molecular flexibility index (Phi) is 4.35.